The molecule has 2 heterocycles. The van der Waals surface area contributed by atoms with Crippen LogP contribution in [0, 0.1) is 0 Å². The Bertz CT molecular complexity index is 496. The fraction of sp³-hybridized carbons (Fsp3) is 0.538. The number of aromatic nitrogens is 2. The summed E-state index contributed by atoms with van der Waals surface area (Å²) in [6.45, 7) is 0. The fourth-order valence-electron chi connectivity index (χ4n) is 2.51. The Morgan fingerprint density at radius 2 is 1.94 bits per heavy atom. The molecule has 0 unspecified atom stereocenters. The molecule has 1 fully saturated rings. The van der Waals surface area contributed by atoms with Gasteiger partial charge in [-0.3, -0.25) is 0 Å². The SMILES string of the molecule is NC1(c2nc(-c3ccoc3)no2)CCCCCC1. The Labute approximate surface area is 105 Å². The smallest absolute Gasteiger partial charge is 0.247 e. The van der Waals surface area contributed by atoms with Gasteiger partial charge >= 0.3 is 0 Å². The summed E-state index contributed by atoms with van der Waals surface area (Å²) in [5.41, 5.74) is 6.80. The molecular weight excluding hydrogens is 230 g/mol. The van der Waals surface area contributed by atoms with Crippen molar-refractivity contribution in [3.8, 4) is 11.4 Å². The number of hydrogen-bond acceptors (Lipinski definition) is 5. The Kier molecular flexibility index (Phi) is 2.91. The van der Waals surface area contributed by atoms with E-state index in [9.17, 15) is 0 Å². The molecule has 3 rings (SSSR count). The summed E-state index contributed by atoms with van der Waals surface area (Å²) >= 11 is 0. The third-order valence-electron chi connectivity index (χ3n) is 3.63. The van der Waals surface area contributed by atoms with E-state index < -0.39 is 5.54 Å². The van der Waals surface area contributed by atoms with Crippen LogP contribution in [0.5, 0.6) is 0 Å². The van der Waals surface area contributed by atoms with Crippen molar-refractivity contribution in [2.24, 2.45) is 5.73 Å². The molecule has 0 bridgehead atoms. The van der Waals surface area contributed by atoms with Crippen LogP contribution in [0.2, 0.25) is 0 Å². The van der Waals surface area contributed by atoms with Gasteiger partial charge in [-0.1, -0.05) is 30.8 Å². The van der Waals surface area contributed by atoms with E-state index in [0.29, 0.717) is 11.7 Å². The molecule has 5 nitrogen and oxygen atoms in total. The summed E-state index contributed by atoms with van der Waals surface area (Å²) in [6, 6.07) is 1.81. The molecule has 0 saturated heterocycles. The van der Waals surface area contributed by atoms with Crippen LogP contribution in [0.1, 0.15) is 44.4 Å². The van der Waals surface area contributed by atoms with E-state index in [1.807, 2.05) is 6.07 Å². The van der Waals surface area contributed by atoms with Gasteiger partial charge in [0.05, 0.1) is 17.4 Å². The molecule has 0 amide bonds. The van der Waals surface area contributed by atoms with Gasteiger partial charge in [0.1, 0.15) is 6.26 Å². The zero-order valence-corrected chi connectivity index (χ0v) is 10.3. The second-order valence-corrected chi connectivity index (χ2v) is 5.01. The lowest BCUT2D eigenvalue weighted by atomic mass is 9.91. The average molecular weight is 247 g/mol. The predicted octanol–water partition coefficient (Wildman–Crippen LogP) is 2.84. The van der Waals surface area contributed by atoms with Crippen molar-refractivity contribution < 1.29 is 8.94 Å². The van der Waals surface area contributed by atoms with Gasteiger partial charge in [0.25, 0.3) is 0 Å². The third-order valence-corrected chi connectivity index (χ3v) is 3.63. The first kappa shape index (κ1) is 11.5. The van der Waals surface area contributed by atoms with E-state index in [0.717, 1.165) is 31.2 Å². The van der Waals surface area contributed by atoms with E-state index in [-0.39, 0.29) is 0 Å². The minimum atomic E-state index is -0.453. The van der Waals surface area contributed by atoms with E-state index in [2.05, 4.69) is 10.1 Å². The van der Waals surface area contributed by atoms with Gasteiger partial charge in [0.2, 0.25) is 11.7 Å². The first-order valence-corrected chi connectivity index (χ1v) is 6.44. The molecule has 1 aliphatic carbocycles. The lowest BCUT2D eigenvalue weighted by Gasteiger charge is -2.22. The molecule has 96 valence electrons. The van der Waals surface area contributed by atoms with Gasteiger partial charge in [0.15, 0.2) is 0 Å². The molecule has 2 N–H and O–H groups in total. The highest BCUT2D eigenvalue weighted by atomic mass is 16.5. The number of furan rings is 1. The standard InChI is InChI=1S/C13H17N3O2/c14-13(6-3-1-2-4-7-13)12-15-11(16-18-12)10-5-8-17-9-10/h5,8-9H,1-4,6-7,14H2. The molecule has 1 aliphatic rings. The highest BCUT2D eigenvalue weighted by molar-refractivity contribution is 5.51. The maximum Gasteiger partial charge on any atom is 0.247 e. The highest BCUT2D eigenvalue weighted by Crippen LogP contribution is 2.33. The van der Waals surface area contributed by atoms with Crippen molar-refractivity contribution in [1.29, 1.82) is 0 Å². The molecule has 0 aromatic carbocycles. The van der Waals surface area contributed by atoms with Crippen LogP contribution < -0.4 is 5.73 Å². The topological polar surface area (TPSA) is 78.1 Å². The second-order valence-electron chi connectivity index (χ2n) is 5.01. The van der Waals surface area contributed by atoms with Gasteiger partial charge in [-0.15, -0.1) is 0 Å². The lowest BCUT2D eigenvalue weighted by molar-refractivity contribution is 0.257. The van der Waals surface area contributed by atoms with Crippen LogP contribution in [0.15, 0.2) is 27.5 Å². The van der Waals surface area contributed by atoms with Gasteiger partial charge in [-0.05, 0) is 18.9 Å². The number of hydrogen-bond donors (Lipinski definition) is 1. The Balaban J connectivity index is 1.88. The monoisotopic (exact) mass is 247 g/mol. The minimum absolute atomic E-state index is 0.453. The second kappa shape index (κ2) is 4.57. The maximum absolute atomic E-state index is 6.43. The normalized spacial score (nSPS) is 19.6. The van der Waals surface area contributed by atoms with Crippen LogP contribution in [-0.2, 0) is 5.54 Å². The van der Waals surface area contributed by atoms with Crippen molar-refractivity contribution >= 4 is 0 Å². The van der Waals surface area contributed by atoms with E-state index in [1.54, 1.807) is 12.5 Å². The zero-order chi connectivity index (χ0) is 12.4. The molecular formula is C13H17N3O2. The van der Waals surface area contributed by atoms with Crippen LogP contribution >= 0.6 is 0 Å². The van der Waals surface area contributed by atoms with E-state index in [1.165, 1.54) is 12.8 Å². The average Bonchev–Trinajstić information content (AvgIpc) is 3.00. The Morgan fingerprint density at radius 1 is 1.17 bits per heavy atom. The third kappa shape index (κ3) is 2.06. The summed E-state index contributed by atoms with van der Waals surface area (Å²) in [4.78, 5) is 4.43. The highest BCUT2D eigenvalue weighted by Gasteiger charge is 2.34. The molecule has 0 atom stereocenters. The Hall–Kier alpha value is -1.62. The van der Waals surface area contributed by atoms with E-state index in [4.69, 9.17) is 14.7 Å². The molecule has 0 radical (unpaired) electrons. The van der Waals surface area contributed by atoms with Gasteiger partial charge in [-0.2, -0.15) is 4.98 Å². The van der Waals surface area contributed by atoms with Crippen LogP contribution in [0.3, 0.4) is 0 Å². The van der Waals surface area contributed by atoms with Crippen LogP contribution in [-0.4, -0.2) is 10.1 Å². The molecule has 0 aliphatic heterocycles. The van der Waals surface area contributed by atoms with Crippen molar-refractivity contribution in [1.82, 2.24) is 10.1 Å². The van der Waals surface area contributed by atoms with Gasteiger partial charge < -0.3 is 14.7 Å². The Morgan fingerprint density at radius 3 is 2.61 bits per heavy atom. The quantitative estimate of drug-likeness (QED) is 0.825. The first-order chi connectivity index (χ1) is 8.78. The van der Waals surface area contributed by atoms with Crippen molar-refractivity contribution in [3.63, 3.8) is 0 Å². The number of nitrogens with zero attached hydrogens (tertiary/aromatic N) is 2. The number of rotatable bonds is 2. The van der Waals surface area contributed by atoms with Crippen molar-refractivity contribution in [3.05, 3.63) is 24.5 Å². The molecule has 2 aromatic rings. The van der Waals surface area contributed by atoms with E-state index >= 15 is 0 Å². The van der Waals surface area contributed by atoms with Crippen LogP contribution in [0.4, 0.5) is 0 Å². The summed E-state index contributed by atoms with van der Waals surface area (Å²) in [7, 11) is 0. The van der Waals surface area contributed by atoms with Gasteiger partial charge in [-0.25, -0.2) is 0 Å². The largest absolute Gasteiger partial charge is 0.472 e. The fourth-order valence-corrected chi connectivity index (χ4v) is 2.51. The van der Waals surface area contributed by atoms with Crippen LogP contribution in [0.25, 0.3) is 11.4 Å². The van der Waals surface area contributed by atoms with Crippen molar-refractivity contribution in [2.75, 3.05) is 0 Å². The predicted molar refractivity (Wildman–Crippen MR) is 65.6 cm³/mol. The molecule has 5 heteroatoms. The molecule has 2 aromatic heterocycles. The summed E-state index contributed by atoms with van der Waals surface area (Å²) in [6.07, 6.45) is 9.75. The number of nitrogens with two attached hydrogens (primary N) is 1. The first-order valence-electron chi connectivity index (χ1n) is 6.44. The van der Waals surface area contributed by atoms with Gasteiger partial charge in [0, 0.05) is 0 Å². The minimum Gasteiger partial charge on any atom is -0.472 e. The lowest BCUT2D eigenvalue weighted by Crippen LogP contribution is -2.36. The molecule has 18 heavy (non-hydrogen) atoms. The van der Waals surface area contributed by atoms with Crippen molar-refractivity contribution in [2.45, 2.75) is 44.1 Å². The summed E-state index contributed by atoms with van der Waals surface area (Å²) in [5.74, 6) is 1.11. The molecule has 0 spiro atoms. The zero-order valence-electron chi connectivity index (χ0n) is 10.3. The summed E-state index contributed by atoms with van der Waals surface area (Å²) in [5, 5.41) is 3.98. The summed E-state index contributed by atoms with van der Waals surface area (Å²) < 4.78 is 10.4. The molecule has 1 saturated carbocycles. The maximum atomic E-state index is 6.43.